The Kier molecular flexibility index (Phi) is 10.3. The average Bonchev–Trinajstić information content (AvgIpc) is 3.76. The lowest BCUT2D eigenvalue weighted by atomic mass is 9.80. The van der Waals surface area contributed by atoms with Gasteiger partial charge in [-0.25, -0.2) is 0 Å². The van der Waals surface area contributed by atoms with Crippen LogP contribution in [0.3, 0.4) is 0 Å². The smallest absolute Gasteiger partial charge is 0.335 e. The summed E-state index contributed by atoms with van der Waals surface area (Å²) >= 11 is 0. The zero-order valence-corrected chi connectivity index (χ0v) is 33.8. The van der Waals surface area contributed by atoms with Gasteiger partial charge in [0.2, 0.25) is 5.76 Å². The van der Waals surface area contributed by atoms with Crippen LogP contribution in [0.15, 0.2) is 157 Å². The van der Waals surface area contributed by atoms with Gasteiger partial charge in [0.1, 0.15) is 29.8 Å². The van der Waals surface area contributed by atoms with E-state index in [0.29, 0.717) is 11.4 Å². The number of aryl methyl sites for hydroxylation is 6. The van der Waals surface area contributed by atoms with Crippen LogP contribution in [0.5, 0.6) is 0 Å². The number of hydrogen-bond donors (Lipinski definition) is 2. The summed E-state index contributed by atoms with van der Waals surface area (Å²) in [5, 5.41) is 16.4. The molecule has 1 heterocycles. The van der Waals surface area contributed by atoms with Gasteiger partial charge in [0.25, 0.3) is 5.91 Å². The minimum absolute atomic E-state index is 0.136. The van der Waals surface area contributed by atoms with Crippen molar-refractivity contribution in [3.63, 3.8) is 0 Å². The highest BCUT2D eigenvalue weighted by Gasteiger charge is 2.51. The molecule has 0 spiro atoms. The van der Waals surface area contributed by atoms with Crippen LogP contribution in [-0.2, 0) is 4.79 Å². The summed E-state index contributed by atoms with van der Waals surface area (Å²) in [5.41, 5.74) is 12.8. The molecule has 7 aromatic rings. The van der Waals surface area contributed by atoms with Crippen LogP contribution in [0, 0.1) is 41.5 Å². The van der Waals surface area contributed by atoms with Crippen molar-refractivity contribution in [2.24, 2.45) is 0 Å². The molecular weight excluding hydrogens is 715 g/mol. The van der Waals surface area contributed by atoms with Crippen LogP contribution in [0.1, 0.15) is 72.5 Å². The normalized spacial score (nSPS) is 17.3. The first-order valence-electron chi connectivity index (χ1n) is 19.8. The molecule has 1 amide bonds. The first kappa shape index (κ1) is 38.1. The van der Waals surface area contributed by atoms with Crippen LogP contribution in [-0.4, -0.2) is 27.4 Å². The Bertz CT molecular complexity index is 2570. The van der Waals surface area contributed by atoms with Gasteiger partial charge in [0, 0.05) is 17.4 Å². The maximum atomic E-state index is 15.5. The number of ketones is 1. The van der Waals surface area contributed by atoms with E-state index >= 15 is 4.79 Å². The molecule has 1 aromatic heterocycles. The minimum Gasteiger partial charge on any atom is -0.501 e. The van der Waals surface area contributed by atoms with E-state index in [-0.39, 0.29) is 23.0 Å². The predicted octanol–water partition coefficient (Wildman–Crippen LogP) is 10.5. The molecule has 0 bridgehead atoms. The Hall–Kier alpha value is -6.79. The number of Topliss-reactive ketones (excluding diaryl/α,β-unsaturated/α-hetero) is 1. The number of benzene rings is 6. The van der Waals surface area contributed by atoms with Gasteiger partial charge in [-0.2, -0.15) is 9.13 Å². The molecule has 1 aliphatic rings. The van der Waals surface area contributed by atoms with Gasteiger partial charge in [-0.05, 0) is 98.2 Å². The first-order chi connectivity index (χ1) is 28.0. The number of nitrogens with zero attached hydrogens (tertiary/aromatic N) is 2. The van der Waals surface area contributed by atoms with Crippen molar-refractivity contribution < 1.29 is 19.3 Å². The van der Waals surface area contributed by atoms with Gasteiger partial charge in [-0.3, -0.25) is 9.59 Å². The largest absolute Gasteiger partial charge is 0.501 e. The van der Waals surface area contributed by atoms with Crippen LogP contribution >= 0.6 is 0 Å². The molecule has 1 aliphatic carbocycles. The van der Waals surface area contributed by atoms with E-state index in [1.165, 1.54) is 0 Å². The number of carbonyl (C=O) groups is 2. The molecule has 288 valence electrons. The van der Waals surface area contributed by atoms with Crippen molar-refractivity contribution in [2.75, 3.05) is 0 Å². The molecule has 6 heteroatoms. The van der Waals surface area contributed by atoms with Crippen molar-refractivity contribution >= 4 is 17.4 Å². The van der Waals surface area contributed by atoms with Crippen molar-refractivity contribution in [3.05, 3.63) is 213 Å². The molecule has 8 rings (SSSR count). The summed E-state index contributed by atoms with van der Waals surface area (Å²) in [6, 6.07) is 44.9. The Labute approximate surface area is 340 Å². The predicted molar refractivity (Wildman–Crippen MR) is 232 cm³/mol. The molecule has 6 nitrogen and oxygen atoms in total. The Morgan fingerprint density at radius 2 is 1.16 bits per heavy atom. The van der Waals surface area contributed by atoms with Crippen molar-refractivity contribution in [3.8, 4) is 22.5 Å². The molecule has 58 heavy (non-hydrogen) atoms. The number of aliphatic hydroxyl groups excluding tert-OH is 1. The fourth-order valence-electron chi connectivity index (χ4n) is 9.24. The molecule has 0 unspecified atom stereocenters. The topological polar surface area (TPSA) is 75.2 Å². The summed E-state index contributed by atoms with van der Waals surface area (Å²) in [6.45, 7) is 12.5. The maximum absolute atomic E-state index is 15.5. The highest BCUT2D eigenvalue weighted by atomic mass is 16.3. The van der Waals surface area contributed by atoms with Gasteiger partial charge in [-0.1, -0.05) is 139 Å². The molecule has 1 saturated carbocycles. The lowest BCUT2D eigenvalue weighted by Gasteiger charge is -2.26. The van der Waals surface area contributed by atoms with Gasteiger partial charge in [0.15, 0.2) is 5.78 Å². The second-order valence-electron chi connectivity index (χ2n) is 15.7. The molecule has 1 fully saturated rings. The fourth-order valence-corrected chi connectivity index (χ4v) is 9.24. The molecule has 3 atom stereocenters. The Morgan fingerprint density at radius 3 is 1.74 bits per heavy atom. The number of aromatic nitrogens is 2. The zero-order chi connectivity index (χ0) is 40.7. The van der Waals surface area contributed by atoms with E-state index in [1.807, 2.05) is 88.3 Å². The summed E-state index contributed by atoms with van der Waals surface area (Å²) in [6.07, 6.45) is 3.95. The number of nitrogens with one attached hydrogen (secondary N) is 1. The average molecular weight is 763 g/mol. The monoisotopic (exact) mass is 762 g/mol. The summed E-state index contributed by atoms with van der Waals surface area (Å²) < 4.78 is 4.03. The quantitative estimate of drug-likeness (QED) is 0.0920. The van der Waals surface area contributed by atoms with Crippen LogP contribution in [0.4, 0.5) is 0 Å². The van der Waals surface area contributed by atoms with Gasteiger partial charge < -0.3 is 10.4 Å². The van der Waals surface area contributed by atoms with Crippen LogP contribution in [0.2, 0.25) is 0 Å². The lowest BCUT2D eigenvalue weighted by Crippen LogP contribution is -2.41. The summed E-state index contributed by atoms with van der Waals surface area (Å²) in [5.74, 6) is -1.53. The number of imidazole rings is 1. The third kappa shape index (κ3) is 6.96. The molecule has 0 saturated heterocycles. The van der Waals surface area contributed by atoms with Gasteiger partial charge >= 0.3 is 5.82 Å². The third-order valence-electron chi connectivity index (χ3n) is 11.5. The Morgan fingerprint density at radius 1 is 0.638 bits per heavy atom. The Balaban J connectivity index is 1.42. The van der Waals surface area contributed by atoms with Gasteiger partial charge in [0.05, 0.1) is 5.57 Å². The summed E-state index contributed by atoms with van der Waals surface area (Å²) in [4.78, 5) is 29.5. The molecule has 2 N–H and O–H groups in total. The second-order valence-corrected chi connectivity index (χ2v) is 15.7. The highest BCUT2D eigenvalue weighted by molar-refractivity contribution is 6.11. The fraction of sp³-hybridized carbons (Fsp3) is 0.173. The zero-order valence-electron chi connectivity index (χ0n) is 33.8. The first-order valence-corrected chi connectivity index (χ1v) is 19.8. The number of carbonyl (C=O) groups excluding carboxylic acids is 2. The second kappa shape index (κ2) is 15.6. The van der Waals surface area contributed by atoms with Crippen LogP contribution < -0.4 is 9.88 Å². The van der Waals surface area contributed by atoms with Crippen LogP contribution in [0.25, 0.3) is 28.3 Å². The number of amides is 1. The SMILES string of the molecule is Cc1cc(C)c(-n2cc[n+](-c3c(C)cc(C)cc3C)c2/C(O)=C2\C(=O)[C@H](NC(=O)c3ccccc3)[C@@H](c3ccccc3)[C@@H]2c2ccc(-c3ccccc3)cc2)c(C)c1. The number of hydrogen-bond acceptors (Lipinski definition) is 3. The van der Waals surface area contributed by atoms with Crippen molar-refractivity contribution in [1.29, 1.82) is 0 Å². The molecular formula is C52H48N3O3+. The third-order valence-corrected chi connectivity index (χ3v) is 11.5. The minimum atomic E-state index is -0.978. The van der Waals surface area contributed by atoms with Gasteiger partial charge in [-0.15, -0.1) is 0 Å². The van der Waals surface area contributed by atoms with Crippen molar-refractivity contribution in [1.82, 2.24) is 9.88 Å². The van der Waals surface area contributed by atoms with E-state index in [4.69, 9.17) is 0 Å². The lowest BCUT2D eigenvalue weighted by molar-refractivity contribution is -0.599. The molecule has 0 aliphatic heterocycles. The summed E-state index contributed by atoms with van der Waals surface area (Å²) in [7, 11) is 0. The molecule has 0 radical (unpaired) electrons. The van der Waals surface area contributed by atoms with E-state index in [2.05, 4.69) is 108 Å². The van der Waals surface area contributed by atoms with Crippen molar-refractivity contribution in [2.45, 2.75) is 59.4 Å². The number of rotatable bonds is 8. The number of aliphatic hydroxyl groups is 1. The highest BCUT2D eigenvalue weighted by Crippen LogP contribution is 2.50. The standard InChI is InChI=1S/C52H47N3O3/c1-32-28-34(3)47(35(4)29-32)54-26-27-55(48-36(5)30-33(2)31-37(48)6)52(54)50(57)45-43(41-24-22-39(23-25-41)38-16-10-7-11-17-38)44(40-18-12-8-13-19-40)46(49(45)56)53-51(58)42-20-14-9-15-21-42/h7-31,43-44,46H,1-6H3,(H-,53,56,57,58)/p+1/t43-,44-,46+/m0/s1. The van der Waals surface area contributed by atoms with E-state index < -0.39 is 17.9 Å². The van der Waals surface area contributed by atoms with E-state index in [9.17, 15) is 9.90 Å². The van der Waals surface area contributed by atoms with E-state index in [1.54, 1.807) is 12.1 Å². The van der Waals surface area contributed by atoms with E-state index in [0.717, 1.165) is 67.0 Å². The maximum Gasteiger partial charge on any atom is 0.335 e. The molecule has 6 aromatic carbocycles.